The molecule has 1 aliphatic rings. The Morgan fingerprint density at radius 1 is 0.963 bits per heavy atom. The molecule has 1 aromatic carbocycles. The lowest BCUT2D eigenvalue weighted by atomic mass is 10.2. The van der Waals surface area contributed by atoms with Crippen molar-refractivity contribution in [3.05, 3.63) is 71.4 Å². The van der Waals surface area contributed by atoms with Crippen LogP contribution in [0.4, 0.5) is 23.0 Å². The Kier molecular flexibility index (Phi) is 4.74. The zero-order valence-electron chi connectivity index (χ0n) is 15.2. The van der Waals surface area contributed by atoms with Gasteiger partial charge in [0, 0.05) is 57.2 Å². The number of nitrogens with zero attached hydrogens (tertiary/aromatic N) is 5. The molecule has 4 rings (SSSR count). The number of benzene rings is 1. The summed E-state index contributed by atoms with van der Waals surface area (Å²) < 4.78 is 0. The molecule has 0 spiro atoms. The highest BCUT2D eigenvalue weighted by molar-refractivity contribution is 5.62. The van der Waals surface area contributed by atoms with Gasteiger partial charge in [0.25, 0.3) is 0 Å². The van der Waals surface area contributed by atoms with Crippen LogP contribution in [0.1, 0.15) is 0 Å². The van der Waals surface area contributed by atoms with Crippen molar-refractivity contribution in [3.8, 4) is 0 Å². The van der Waals surface area contributed by atoms with Crippen molar-refractivity contribution < 1.29 is 0 Å². The van der Waals surface area contributed by atoms with Gasteiger partial charge in [-0.3, -0.25) is 4.79 Å². The largest absolute Gasteiger partial charge is 0.367 e. The van der Waals surface area contributed by atoms with Crippen molar-refractivity contribution in [1.29, 1.82) is 0 Å². The Labute approximate surface area is 157 Å². The minimum absolute atomic E-state index is 0.0755. The van der Waals surface area contributed by atoms with E-state index in [1.165, 1.54) is 0 Å². The number of pyridine rings is 1. The highest BCUT2D eigenvalue weighted by Crippen LogP contribution is 2.24. The lowest BCUT2D eigenvalue weighted by Gasteiger charge is -2.36. The van der Waals surface area contributed by atoms with E-state index < -0.39 is 0 Å². The predicted molar refractivity (Wildman–Crippen MR) is 108 cm³/mol. The monoisotopic (exact) mass is 362 g/mol. The molecule has 0 aliphatic carbocycles. The van der Waals surface area contributed by atoms with Crippen molar-refractivity contribution in [2.45, 2.75) is 0 Å². The molecule has 0 atom stereocenters. The summed E-state index contributed by atoms with van der Waals surface area (Å²) in [6.45, 7) is 3.48. The Hall–Kier alpha value is -3.35. The third-order valence-corrected chi connectivity index (χ3v) is 4.86. The first-order chi connectivity index (χ1) is 13.2. The lowest BCUT2D eigenvalue weighted by Crippen LogP contribution is -2.47. The van der Waals surface area contributed by atoms with E-state index in [9.17, 15) is 4.79 Å². The molecule has 1 fully saturated rings. The number of para-hydroxylation sites is 1. The standard InChI is InChI=1S/C20H22N6O/c1-24(16-5-3-2-4-6-16)18-13-19(23-15-22-18)26-11-9-25(10-12-26)17-7-8-20(27)21-14-17/h2-8,13-15H,9-12H2,1H3,(H,21,27). The molecule has 2 aromatic heterocycles. The van der Waals surface area contributed by atoms with Crippen molar-refractivity contribution in [3.63, 3.8) is 0 Å². The van der Waals surface area contributed by atoms with Crippen molar-refractivity contribution in [1.82, 2.24) is 15.0 Å². The number of anilines is 4. The van der Waals surface area contributed by atoms with Gasteiger partial charge < -0.3 is 19.7 Å². The minimum atomic E-state index is -0.0755. The SMILES string of the molecule is CN(c1ccccc1)c1cc(N2CCN(c3ccc(=O)[nH]c3)CC2)ncn1. The van der Waals surface area contributed by atoms with Gasteiger partial charge in [-0.25, -0.2) is 9.97 Å². The van der Waals surface area contributed by atoms with E-state index in [1.54, 1.807) is 18.6 Å². The Balaban J connectivity index is 1.46. The molecule has 7 heteroatoms. The molecular formula is C20H22N6O. The maximum Gasteiger partial charge on any atom is 0.248 e. The summed E-state index contributed by atoms with van der Waals surface area (Å²) in [6, 6.07) is 15.6. The van der Waals surface area contributed by atoms with Crippen LogP contribution in [-0.4, -0.2) is 48.2 Å². The molecule has 0 bridgehead atoms. The Bertz CT molecular complexity index is 929. The highest BCUT2D eigenvalue weighted by atomic mass is 16.1. The topological polar surface area (TPSA) is 68.4 Å². The third-order valence-electron chi connectivity index (χ3n) is 4.86. The highest BCUT2D eigenvalue weighted by Gasteiger charge is 2.19. The fraction of sp³-hybridized carbons (Fsp3) is 0.250. The predicted octanol–water partition coefficient (Wildman–Crippen LogP) is 2.26. The average Bonchev–Trinajstić information content (AvgIpc) is 2.75. The van der Waals surface area contributed by atoms with Crippen LogP contribution in [0.2, 0.25) is 0 Å². The fourth-order valence-electron chi connectivity index (χ4n) is 3.27. The van der Waals surface area contributed by atoms with E-state index in [0.717, 1.165) is 49.2 Å². The van der Waals surface area contributed by atoms with Crippen LogP contribution in [0.15, 0.2) is 65.8 Å². The van der Waals surface area contributed by atoms with Crippen molar-refractivity contribution in [2.24, 2.45) is 0 Å². The zero-order valence-corrected chi connectivity index (χ0v) is 15.2. The molecular weight excluding hydrogens is 340 g/mol. The second-order valence-electron chi connectivity index (χ2n) is 6.51. The Morgan fingerprint density at radius 3 is 2.41 bits per heavy atom. The summed E-state index contributed by atoms with van der Waals surface area (Å²) in [4.78, 5) is 29.5. The van der Waals surface area contributed by atoms with E-state index in [2.05, 4.69) is 41.8 Å². The second kappa shape index (κ2) is 7.49. The van der Waals surface area contributed by atoms with Gasteiger partial charge in [0.1, 0.15) is 18.0 Å². The number of rotatable bonds is 4. The number of aromatic nitrogens is 3. The van der Waals surface area contributed by atoms with Crippen LogP contribution in [0, 0.1) is 0 Å². The summed E-state index contributed by atoms with van der Waals surface area (Å²) in [5, 5.41) is 0. The number of nitrogens with one attached hydrogen (secondary N) is 1. The molecule has 0 saturated carbocycles. The van der Waals surface area contributed by atoms with Gasteiger partial charge in [0.05, 0.1) is 5.69 Å². The zero-order chi connectivity index (χ0) is 18.6. The molecule has 1 saturated heterocycles. The maximum absolute atomic E-state index is 11.2. The van der Waals surface area contributed by atoms with E-state index in [4.69, 9.17) is 0 Å². The van der Waals surface area contributed by atoms with Gasteiger partial charge >= 0.3 is 0 Å². The Morgan fingerprint density at radius 2 is 1.70 bits per heavy atom. The molecule has 138 valence electrons. The third kappa shape index (κ3) is 3.76. The van der Waals surface area contributed by atoms with Crippen LogP contribution in [0.25, 0.3) is 0 Å². The summed E-state index contributed by atoms with van der Waals surface area (Å²) in [5.74, 6) is 1.80. The number of H-pyrrole nitrogens is 1. The smallest absolute Gasteiger partial charge is 0.248 e. The first-order valence-electron chi connectivity index (χ1n) is 9.00. The van der Waals surface area contributed by atoms with Crippen LogP contribution >= 0.6 is 0 Å². The molecule has 1 N–H and O–H groups in total. The molecule has 3 aromatic rings. The number of piperazine rings is 1. The molecule has 7 nitrogen and oxygen atoms in total. The van der Waals surface area contributed by atoms with Crippen LogP contribution in [0.5, 0.6) is 0 Å². The summed E-state index contributed by atoms with van der Waals surface area (Å²) in [6.07, 6.45) is 3.40. The van der Waals surface area contributed by atoms with Gasteiger partial charge in [-0.15, -0.1) is 0 Å². The number of hydrogen-bond acceptors (Lipinski definition) is 6. The van der Waals surface area contributed by atoms with Crippen LogP contribution in [-0.2, 0) is 0 Å². The van der Waals surface area contributed by atoms with Gasteiger partial charge in [-0.1, -0.05) is 18.2 Å². The van der Waals surface area contributed by atoms with Gasteiger partial charge in [0.15, 0.2) is 0 Å². The summed E-state index contributed by atoms with van der Waals surface area (Å²) in [5.41, 5.74) is 2.06. The van der Waals surface area contributed by atoms with Crippen molar-refractivity contribution >= 4 is 23.0 Å². The van der Waals surface area contributed by atoms with Crippen LogP contribution < -0.4 is 20.3 Å². The second-order valence-corrected chi connectivity index (χ2v) is 6.51. The fourth-order valence-corrected chi connectivity index (χ4v) is 3.27. The van der Waals surface area contributed by atoms with Gasteiger partial charge in [-0.2, -0.15) is 0 Å². The molecule has 0 amide bonds. The molecule has 0 radical (unpaired) electrons. The number of hydrogen-bond donors (Lipinski definition) is 1. The van der Waals surface area contributed by atoms with E-state index >= 15 is 0 Å². The summed E-state index contributed by atoms with van der Waals surface area (Å²) >= 11 is 0. The quantitative estimate of drug-likeness (QED) is 0.768. The normalized spacial score (nSPS) is 14.3. The number of aromatic amines is 1. The first-order valence-corrected chi connectivity index (χ1v) is 9.00. The van der Waals surface area contributed by atoms with Gasteiger partial charge in [0.2, 0.25) is 5.56 Å². The molecule has 3 heterocycles. The molecule has 0 unspecified atom stereocenters. The van der Waals surface area contributed by atoms with Crippen molar-refractivity contribution in [2.75, 3.05) is 47.9 Å². The molecule has 1 aliphatic heterocycles. The lowest BCUT2D eigenvalue weighted by molar-refractivity contribution is 0.646. The van der Waals surface area contributed by atoms with E-state index in [1.807, 2.05) is 37.4 Å². The minimum Gasteiger partial charge on any atom is -0.367 e. The first kappa shape index (κ1) is 17.1. The van der Waals surface area contributed by atoms with Crippen LogP contribution in [0.3, 0.4) is 0 Å². The van der Waals surface area contributed by atoms with Gasteiger partial charge in [-0.05, 0) is 18.2 Å². The van der Waals surface area contributed by atoms with E-state index in [-0.39, 0.29) is 5.56 Å². The van der Waals surface area contributed by atoms with E-state index in [0.29, 0.717) is 0 Å². The molecule has 27 heavy (non-hydrogen) atoms. The maximum atomic E-state index is 11.2. The summed E-state index contributed by atoms with van der Waals surface area (Å²) in [7, 11) is 2.01. The average molecular weight is 362 g/mol.